The Morgan fingerprint density at radius 1 is 1.15 bits per heavy atom. The maximum absolute atomic E-state index is 14.7. The van der Waals surface area contributed by atoms with Gasteiger partial charge in [-0.2, -0.15) is 9.67 Å². The van der Waals surface area contributed by atoms with Gasteiger partial charge in [-0.15, -0.1) is 5.10 Å². The van der Waals surface area contributed by atoms with Crippen molar-refractivity contribution >= 4 is 17.5 Å². The van der Waals surface area contributed by atoms with Gasteiger partial charge >= 0.3 is 0 Å². The van der Waals surface area contributed by atoms with E-state index in [1.165, 1.54) is 6.20 Å². The third kappa shape index (κ3) is 3.54. The number of rotatable bonds is 4. The lowest BCUT2D eigenvalue weighted by atomic mass is 9.94. The van der Waals surface area contributed by atoms with Crippen molar-refractivity contribution in [3.63, 3.8) is 0 Å². The predicted octanol–water partition coefficient (Wildman–Crippen LogP) is 3.77. The molecule has 2 N–H and O–H groups in total. The molecule has 2 aliphatic rings. The highest BCUT2D eigenvalue weighted by molar-refractivity contribution is 5.72. The highest BCUT2D eigenvalue weighted by Crippen LogP contribution is 2.42. The van der Waals surface area contributed by atoms with Crippen molar-refractivity contribution in [2.45, 2.75) is 70.8 Å². The van der Waals surface area contributed by atoms with Crippen LogP contribution in [0.1, 0.15) is 48.0 Å². The number of hydrogen-bond acceptors (Lipinski definition) is 9. The smallest absolute Gasteiger partial charge is 0.229 e. The normalized spacial score (nSPS) is 21.9. The van der Waals surface area contributed by atoms with Crippen LogP contribution in [0, 0.1) is 5.82 Å². The lowest BCUT2D eigenvalue weighted by Crippen LogP contribution is -2.49. The van der Waals surface area contributed by atoms with Crippen LogP contribution < -0.4 is 15.4 Å². The maximum Gasteiger partial charge on any atom is 0.229 e. The molecule has 0 aliphatic carbocycles. The van der Waals surface area contributed by atoms with Crippen molar-refractivity contribution in [2.24, 2.45) is 0 Å². The number of aromatic nitrogens is 6. The van der Waals surface area contributed by atoms with Crippen LogP contribution >= 0.6 is 0 Å². The highest BCUT2D eigenvalue weighted by Gasteiger charge is 2.49. The summed E-state index contributed by atoms with van der Waals surface area (Å²) < 4.78 is 22.4. The molecule has 1 atom stereocenters. The fourth-order valence-corrected chi connectivity index (χ4v) is 4.85. The van der Waals surface area contributed by atoms with Gasteiger partial charge in [-0.25, -0.2) is 9.37 Å². The Labute approximate surface area is 197 Å². The maximum atomic E-state index is 14.7. The zero-order chi connectivity index (χ0) is 24.5. The fourth-order valence-electron chi connectivity index (χ4n) is 4.85. The van der Waals surface area contributed by atoms with Crippen LogP contribution in [0.4, 0.5) is 21.8 Å². The molecule has 1 unspecified atom stereocenters. The molecule has 10 nitrogen and oxygen atoms in total. The number of tetrazole rings is 1. The lowest BCUT2D eigenvalue weighted by Gasteiger charge is -2.38. The van der Waals surface area contributed by atoms with Crippen LogP contribution in [-0.4, -0.2) is 59.2 Å². The molecule has 11 heteroatoms. The van der Waals surface area contributed by atoms with Gasteiger partial charge in [0.2, 0.25) is 11.7 Å². The summed E-state index contributed by atoms with van der Waals surface area (Å²) in [6.07, 6.45) is 2.04. The molecule has 4 heterocycles. The molecule has 2 aliphatic heterocycles. The first-order valence-electron chi connectivity index (χ1n) is 11.3. The minimum atomic E-state index is -0.696. The van der Waals surface area contributed by atoms with Crippen molar-refractivity contribution in [1.29, 1.82) is 0 Å². The summed E-state index contributed by atoms with van der Waals surface area (Å²) in [5, 5.41) is 18.5. The van der Waals surface area contributed by atoms with Gasteiger partial charge in [0.25, 0.3) is 0 Å². The van der Waals surface area contributed by atoms with E-state index in [0.29, 0.717) is 17.3 Å². The molecule has 2 aromatic heterocycles. The Balaban J connectivity index is 1.40. The summed E-state index contributed by atoms with van der Waals surface area (Å²) in [7, 11) is 2.10. The van der Waals surface area contributed by atoms with Gasteiger partial charge in [-0.1, -0.05) is 0 Å². The molecule has 1 aromatic carbocycles. The van der Waals surface area contributed by atoms with E-state index < -0.39 is 11.5 Å². The van der Waals surface area contributed by atoms with Crippen LogP contribution in [0.5, 0.6) is 5.75 Å². The first-order chi connectivity index (χ1) is 15.9. The van der Waals surface area contributed by atoms with E-state index in [2.05, 4.69) is 75.8 Å². The summed E-state index contributed by atoms with van der Waals surface area (Å²) >= 11 is 0. The number of hydrogen-bond donors (Lipinski definition) is 2. The van der Waals surface area contributed by atoms with Gasteiger partial charge in [0, 0.05) is 22.8 Å². The van der Waals surface area contributed by atoms with Gasteiger partial charge < -0.3 is 15.4 Å². The second-order valence-corrected chi connectivity index (χ2v) is 10.6. The SMILES string of the molecule is CN1C(C)(C)CC(Nc2nc(Nc3ccc4c(c3)-c3nnnn3C(C)(C)O4)ncc2F)C1(C)C. The Kier molecular flexibility index (Phi) is 4.84. The van der Waals surface area contributed by atoms with E-state index in [4.69, 9.17) is 4.74 Å². The van der Waals surface area contributed by atoms with Gasteiger partial charge in [0.05, 0.1) is 11.8 Å². The molecular weight excluding hydrogens is 437 g/mol. The number of benzene rings is 1. The lowest BCUT2D eigenvalue weighted by molar-refractivity contribution is 0.0120. The molecule has 0 spiro atoms. The second kappa shape index (κ2) is 7.33. The average molecular weight is 468 g/mol. The molecule has 3 aromatic rings. The molecule has 0 saturated carbocycles. The molecule has 34 heavy (non-hydrogen) atoms. The molecule has 0 bridgehead atoms. The van der Waals surface area contributed by atoms with E-state index in [1.54, 1.807) is 4.68 Å². The first kappa shape index (κ1) is 22.5. The Bertz CT molecular complexity index is 1250. The zero-order valence-corrected chi connectivity index (χ0v) is 20.5. The monoisotopic (exact) mass is 467 g/mol. The number of likely N-dealkylation sites (tertiary alicyclic amines) is 1. The first-order valence-corrected chi connectivity index (χ1v) is 11.3. The number of nitrogens with zero attached hydrogens (tertiary/aromatic N) is 7. The largest absolute Gasteiger partial charge is 0.466 e. The van der Waals surface area contributed by atoms with Crippen molar-refractivity contribution in [2.75, 3.05) is 17.7 Å². The summed E-state index contributed by atoms with van der Waals surface area (Å²) in [4.78, 5) is 10.9. The minimum Gasteiger partial charge on any atom is -0.466 e. The van der Waals surface area contributed by atoms with Crippen LogP contribution in [-0.2, 0) is 5.72 Å². The third-order valence-electron chi connectivity index (χ3n) is 7.20. The van der Waals surface area contributed by atoms with Crippen LogP contribution in [0.25, 0.3) is 11.4 Å². The van der Waals surface area contributed by atoms with Crippen molar-refractivity contribution in [1.82, 2.24) is 35.1 Å². The number of ether oxygens (including phenoxy) is 1. The quantitative estimate of drug-likeness (QED) is 0.593. The van der Waals surface area contributed by atoms with E-state index in [-0.39, 0.29) is 28.9 Å². The average Bonchev–Trinajstić information content (AvgIpc) is 3.31. The van der Waals surface area contributed by atoms with E-state index >= 15 is 0 Å². The number of halogens is 1. The molecule has 180 valence electrons. The van der Waals surface area contributed by atoms with Crippen LogP contribution in [0.15, 0.2) is 24.4 Å². The second-order valence-electron chi connectivity index (χ2n) is 10.6. The molecule has 0 radical (unpaired) electrons. The number of fused-ring (bicyclic) bond motifs is 3. The molecular formula is C23H30FN9O. The fraction of sp³-hybridized carbons (Fsp3) is 0.522. The summed E-state index contributed by atoms with van der Waals surface area (Å²) in [5.74, 6) is 1.24. The third-order valence-corrected chi connectivity index (χ3v) is 7.20. The van der Waals surface area contributed by atoms with E-state index in [0.717, 1.165) is 12.0 Å². The summed E-state index contributed by atoms with van der Waals surface area (Å²) in [6, 6.07) is 5.59. The molecule has 0 amide bonds. The number of likely N-dealkylation sites (N-methyl/N-ethyl adjacent to an activating group) is 1. The van der Waals surface area contributed by atoms with Crippen LogP contribution in [0.3, 0.4) is 0 Å². The van der Waals surface area contributed by atoms with Crippen molar-refractivity contribution in [3.05, 3.63) is 30.2 Å². The Morgan fingerprint density at radius 2 is 1.91 bits per heavy atom. The van der Waals surface area contributed by atoms with E-state index in [1.807, 2.05) is 32.0 Å². The number of nitrogens with one attached hydrogen (secondary N) is 2. The minimum absolute atomic E-state index is 0.0130. The van der Waals surface area contributed by atoms with Gasteiger partial charge in [0.1, 0.15) is 5.75 Å². The zero-order valence-electron chi connectivity index (χ0n) is 20.5. The highest BCUT2D eigenvalue weighted by atomic mass is 19.1. The standard InChI is InChI=1S/C23H30FN9O/c1-21(2)11-17(22(3,4)32(21)7)27-18-15(24)12-25-20(28-18)26-13-8-9-16-14(10-13)19-29-30-31-33(19)23(5,6)34-16/h8-10,12,17H,11H2,1-7H3,(H2,25,26,27,28). The van der Waals surface area contributed by atoms with Crippen molar-refractivity contribution < 1.29 is 9.13 Å². The van der Waals surface area contributed by atoms with Crippen LogP contribution in [0.2, 0.25) is 0 Å². The number of anilines is 3. The van der Waals surface area contributed by atoms with Crippen molar-refractivity contribution in [3.8, 4) is 17.1 Å². The predicted molar refractivity (Wildman–Crippen MR) is 126 cm³/mol. The molecule has 1 fully saturated rings. The van der Waals surface area contributed by atoms with Gasteiger partial charge in [-0.3, -0.25) is 4.90 Å². The topological polar surface area (TPSA) is 106 Å². The summed E-state index contributed by atoms with van der Waals surface area (Å²) in [6.45, 7) is 12.5. The Morgan fingerprint density at radius 3 is 2.62 bits per heavy atom. The van der Waals surface area contributed by atoms with Gasteiger partial charge in [-0.05, 0) is 83.6 Å². The Hall–Kier alpha value is -3.34. The van der Waals surface area contributed by atoms with E-state index in [9.17, 15) is 4.39 Å². The summed E-state index contributed by atoms with van der Waals surface area (Å²) in [5.41, 5.74) is 0.563. The molecule has 5 rings (SSSR count). The molecule has 1 saturated heterocycles. The van der Waals surface area contributed by atoms with Gasteiger partial charge in [0.15, 0.2) is 17.5 Å².